The first-order valence-electron chi connectivity index (χ1n) is 6.29. The molecule has 0 amide bonds. The summed E-state index contributed by atoms with van der Waals surface area (Å²) in [5, 5.41) is 2.45. The normalized spacial score (nSPS) is 10.8. The Labute approximate surface area is 117 Å². The van der Waals surface area contributed by atoms with Crippen molar-refractivity contribution in [2.24, 2.45) is 0 Å². The molecule has 0 saturated heterocycles. The summed E-state index contributed by atoms with van der Waals surface area (Å²) in [5.41, 5.74) is 2.13. The maximum Gasteiger partial charge on any atom is 0.129 e. The van der Waals surface area contributed by atoms with Gasteiger partial charge < -0.3 is 0 Å². The third-order valence-electron chi connectivity index (χ3n) is 3.11. The SMILES string of the molecule is SCCc1nccc(-c2cccc3ccccc23)n1. The second kappa shape index (κ2) is 5.41. The highest BCUT2D eigenvalue weighted by atomic mass is 32.1. The number of thiol groups is 1. The molecule has 0 aliphatic heterocycles. The summed E-state index contributed by atoms with van der Waals surface area (Å²) < 4.78 is 0. The van der Waals surface area contributed by atoms with Crippen molar-refractivity contribution < 1.29 is 0 Å². The Bertz CT molecular complexity index is 704. The van der Waals surface area contributed by atoms with Gasteiger partial charge in [-0.2, -0.15) is 12.6 Å². The van der Waals surface area contributed by atoms with Crippen molar-refractivity contribution in [3.8, 4) is 11.3 Å². The molecule has 3 heteroatoms. The van der Waals surface area contributed by atoms with Crippen LogP contribution in [-0.4, -0.2) is 15.7 Å². The molecular weight excluding hydrogens is 252 g/mol. The van der Waals surface area contributed by atoms with Gasteiger partial charge in [-0.25, -0.2) is 9.97 Å². The van der Waals surface area contributed by atoms with Crippen molar-refractivity contribution in [1.29, 1.82) is 0 Å². The number of benzene rings is 2. The zero-order chi connectivity index (χ0) is 13.1. The summed E-state index contributed by atoms with van der Waals surface area (Å²) in [5.74, 6) is 1.61. The molecule has 3 aromatic rings. The van der Waals surface area contributed by atoms with Gasteiger partial charge in [0.05, 0.1) is 5.69 Å². The maximum absolute atomic E-state index is 4.62. The predicted octanol–water partition coefficient (Wildman–Crippen LogP) is 3.77. The van der Waals surface area contributed by atoms with Crippen LogP contribution in [0.1, 0.15) is 5.82 Å². The minimum atomic E-state index is 0.763. The highest BCUT2D eigenvalue weighted by Gasteiger charge is 2.05. The molecule has 0 N–H and O–H groups in total. The van der Waals surface area contributed by atoms with E-state index in [1.807, 2.05) is 12.3 Å². The minimum Gasteiger partial charge on any atom is -0.241 e. The Morgan fingerprint density at radius 3 is 2.68 bits per heavy atom. The Hall–Kier alpha value is -1.87. The Morgan fingerprint density at radius 2 is 1.79 bits per heavy atom. The van der Waals surface area contributed by atoms with Crippen molar-refractivity contribution in [2.45, 2.75) is 6.42 Å². The molecule has 0 bridgehead atoms. The molecule has 94 valence electrons. The van der Waals surface area contributed by atoms with Crippen molar-refractivity contribution in [2.75, 3.05) is 5.75 Å². The van der Waals surface area contributed by atoms with Crippen LogP contribution in [0.25, 0.3) is 22.0 Å². The third kappa shape index (κ3) is 2.47. The van der Waals surface area contributed by atoms with E-state index < -0.39 is 0 Å². The van der Waals surface area contributed by atoms with Crippen LogP contribution < -0.4 is 0 Å². The monoisotopic (exact) mass is 266 g/mol. The van der Waals surface area contributed by atoms with Crippen molar-refractivity contribution in [3.63, 3.8) is 0 Å². The molecule has 0 fully saturated rings. The van der Waals surface area contributed by atoms with Gasteiger partial charge in [0.25, 0.3) is 0 Å². The fraction of sp³-hybridized carbons (Fsp3) is 0.125. The quantitative estimate of drug-likeness (QED) is 0.730. The summed E-state index contributed by atoms with van der Waals surface area (Å²) >= 11 is 4.23. The molecule has 19 heavy (non-hydrogen) atoms. The van der Waals surface area contributed by atoms with E-state index in [-0.39, 0.29) is 0 Å². The number of rotatable bonds is 3. The highest BCUT2D eigenvalue weighted by molar-refractivity contribution is 7.80. The highest BCUT2D eigenvalue weighted by Crippen LogP contribution is 2.26. The first-order chi connectivity index (χ1) is 9.38. The topological polar surface area (TPSA) is 25.8 Å². The molecule has 0 unspecified atom stereocenters. The average Bonchev–Trinajstić information content (AvgIpc) is 2.47. The van der Waals surface area contributed by atoms with E-state index in [1.54, 1.807) is 0 Å². The number of aryl methyl sites for hydroxylation is 1. The molecular formula is C16H14N2S. The Balaban J connectivity index is 2.16. The molecule has 0 atom stereocenters. The minimum absolute atomic E-state index is 0.763. The van der Waals surface area contributed by atoms with Gasteiger partial charge in [-0.3, -0.25) is 0 Å². The molecule has 1 aromatic heterocycles. The van der Waals surface area contributed by atoms with E-state index in [0.717, 1.165) is 29.3 Å². The predicted molar refractivity (Wildman–Crippen MR) is 82.5 cm³/mol. The van der Waals surface area contributed by atoms with Gasteiger partial charge in [0.1, 0.15) is 5.82 Å². The lowest BCUT2D eigenvalue weighted by Gasteiger charge is -2.07. The summed E-state index contributed by atoms with van der Waals surface area (Å²) in [6.45, 7) is 0. The van der Waals surface area contributed by atoms with E-state index in [4.69, 9.17) is 0 Å². The number of hydrogen-bond donors (Lipinski definition) is 1. The molecule has 0 spiro atoms. The van der Waals surface area contributed by atoms with Crippen LogP contribution in [0, 0.1) is 0 Å². The van der Waals surface area contributed by atoms with Crippen LogP contribution in [0.15, 0.2) is 54.7 Å². The van der Waals surface area contributed by atoms with Crippen LogP contribution in [0.2, 0.25) is 0 Å². The van der Waals surface area contributed by atoms with Crippen molar-refractivity contribution in [3.05, 3.63) is 60.6 Å². The number of hydrogen-bond acceptors (Lipinski definition) is 3. The molecule has 0 saturated carbocycles. The zero-order valence-electron chi connectivity index (χ0n) is 10.5. The van der Waals surface area contributed by atoms with Crippen molar-refractivity contribution >= 4 is 23.4 Å². The summed E-state index contributed by atoms with van der Waals surface area (Å²) in [7, 11) is 0. The van der Waals surface area contributed by atoms with Crippen LogP contribution in [0.3, 0.4) is 0 Å². The van der Waals surface area contributed by atoms with E-state index in [0.29, 0.717) is 0 Å². The standard InChI is InChI=1S/C16H14N2S/c19-11-9-16-17-10-8-15(18-16)14-7-3-5-12-4-1-2-6-13(12)14/h1-8,10,19H,9,11H2. The molecule has 2 nitrogen and oxygen atoms in total. The fourth-order valence-electron chi connectivity index (χ4n) is 2.22. The number of nitrogens with zero attached hydrogens (tertiary/aromatic N) is 2. The number of aromatic nitrogens is 2. The summed E-state index contributed by atoms with van der Waals surface area (Å²) in [4.78, 5) is 8.90. The molecule has 1 heterocycles. The smallest absolute Gasteiger partial charge is 0.129 e. The van der Waals surface area contributed by atoms with Gasteiger partial charge >= 0.3 is 0 Å². The van der Waals surface area contributed by atoms with Crippen molar-refractivity contribution in [1.82, 2.24) is 9.97 Å². The van der Waals surface area contributed by atoms with Crippen LogP contribution in [0.5, 0.6) is 0 Å². The second-order valence-corrected chi connectivity index (χ2v) is 4.81. The summed E-state index contributed by atoms with van der Waals surface area (Å²) in [6, 6.07) is 16.6. The Morgan fingerprint density at radius 1 is 0.947 bits per heavy atom. The van der Waals surface area contributed by atoms with E-state index >= 15 is 0 Å². The average molecular weight is 266 g/mol. The molecule has 0 aliphatic rings. The first kappa shape index (κ1) is 12.2. The van der Waals surface area contributed by atoms with Gasteiger partial charge in [0.2, 0.25) is 0 Å². The lowest BCUT2D eigenvalue weighted by atomic mass is 10.0. The fourth-order valence-corrected chi connectivity index (χ4v) is 2.42. The molecule has 0 radical (unpaired) electrons. The first-order valence-corrected chi connectivity index (χ1v) is 6.92. The van der Waals surface area contributed by atoms with E-state index in [2.05, 4.69) is 65.1 Å². The molecule has 3 rings (SSSR count). The van der Waals surface area contributed by atoms with E-state index in [1.165, 1.54) is 10.8 Å². The van der Waals surface area contributed by atoms with Gasteiger partial charge in [-0.05, 0) is 22.6 Å². The van der Waals surface area contributed by atoms with Gasteiger partial charge in [-0.15, -0.1) is 0 Å². The maximum atomic E-state index is 4.62. The lowest BCUT2D eigenvalue weighted by Crippen LogP contribution is -1.97. The number of fused-ring (bicyclic) bond motifs is 1. The Kier molecular flexibility index (Phi) is 3.47. The van der Waals surface area contributed by atoms with E-state index in [9.17, 15) is 0 Å². The van der Waals surface area contributed by atoms with Gasteiger partial charge in [0, 0.05) is 18.2 Å². The van der Waals surface area contributed by atoms with Gasteiger partial charge in [0.15, 0.2) is 0 Å². The molecule has 0 aliphatic carbocycles. The lowest BCUT2D eigenvalue weighted by molar-refractivity contribution is 0.953. The van der Waals surface area contributed by atoms with Crippen LogP contribution in [0.4, 0.5) is 0 Å². The zero-order valence-corrected chi connectivity index (χ0v) is 11.3. The van der Waals surface area contributed by atoms with Gasteiger partial charge in [-0.1, -0.05) is 42.5 Å². The largest absolute Gasteiger partial charge is 0.241 e. The third-order valence-corrected chi connectivity index (χ3v) is 3.33. The van der Waals surface area contributed by atoms with Crippen LogP contribution in [-0.2, 0) is 6.42 Å². The molecule has 2 aromatic carbocycles. The second-order valence-electron chi connectivity index (χ2n) is 4.36. The summed E-state index contributed by atoms with van der Waals surface area (Å²) in [6.07, 6.45) is 2.62. The van der Waals surface area contributed by atoms with Crippen LogP contribution >= 0.6 is 12.6 Å².